The minimum atomic E-state index is 0.194. The summed E-state index contributed by atoms with van der Waals surface area (Å²) in [7, 11) is 0. The van der Waals surface area contributed by atoms with Gasteiger partial charge in [-0.25, -0.2) is 0 Å². The molecule has 4 heteroatoms. The number of nitrogens with one attached hydrogen (secondary N) is 1. The van der Waals surface area contributed by atoms with Gasteiger partial charge in [0.05, 0.1) is 13.0 Å². The van der Waals surface area contributed by atoms with Crippen molar-refractivity contribution in [3.05, 3.63) is 46.1 Å². The fourth-order valence-corrected chi connectivity index (χ4v) is 3.09. The molecule has 0 bridgehead atoms. The van der Waals surface area contributed by atoms with E-state index in [1.54, 1.807) is 0 Å². The predicted molar refractivity (Wildman–Crippen MR) is 84.8 cm³/mol. The second kappa shape index (κ2) is 5.44. The maximum atomic E-state index is 12.4. The summed E-state index contributed by atoms with van der Waals surface area (Å²) in [6, 6.07) is 8.10. The number of amides is 1. The molecular weight excluding hydrogens is 316 g/mol. The molecule has 0 unspecified atom stereocenters. The van der Waals surface area contributed by atoms with E-state index >= 15 is 0 Å². The van der Waals surface area contributed by atoms with Gasteiger partial charge in [-0.1, -0.05) is 39.7 Å². The first kappa shape index (κ1) is 13.4. The van der Waals surface area contributed by atoms with Crippen molar-refractivity contribution in [2.45, 2.75) is 19.8 Å². The van der Waals surface area contributed by atoms with Gasteiger partial charge in [0.25, 0.3) is 0 Å². The van der Waals surface area contributed by atoms with Crippen molar-refractivity contribution in [2.75, 3.05) is 13.1 Å². The third kappa shape index (κ3) is 2.52. The van der Waals surface area contributed by atoms with E-state index in [1.165, 1.54) is 5.57 Å². The molecular formula is C16H17BrN2O. The highest BCUT2D eigenvalue weighted by molar-refractivity contribution is 9.11. The Balaban J connectivity index is 1.77. The van der Waals surface area contributed by atoms with Crippen LogP contribution in [0, 0.1) is 0 Å². The number of para-hydroxylation sites is 1. The zero-order valence-corrected chi connectivity index (χ0v) is 13.0. The van der Waals surface area contributed by atoms with Crippen LogP contribution in [0.2, 0.25) is 0 Å². The van der Waals surface area contributed by atoms with Gasteiger partial charge >= 0.3 is 0 Å². The lowest BCUT2D eigenvalue weighted by Crippen LogP contribution is -2.36. The van der Waals surface area contributed by atoms with Crippen LogP contribution in [0.25, 0.3) is 10.9 Å². The van der Waals surface area contributed by atoms with Crippen LogP contribution in [0.4, 0.5) is 0 Å². The van der Waals surface area contributed by atoms with Crippen LogP contribution in [0.3, 0.4) is 0 Å². The molecule has 3 rings (SSSR count). The summed E-state index contributed by atoms with van der Waals surface area (Å²) in [6.45, 7) is 3.64. The van der Waals surface area contributed by atoms with Crippen molar-refractivity contribution in [1.82, 2.24) is 9.88 Å². The third-order valence-corrected chi connectivity index (χ3v) is 4.85. The number of aromatic amines is 1. The molecule has 2 aromatic rings. The van der Waals surface area contributed by atoms with E-state index in [-0.39, 0.29) is 5.91 Å². The zero-order valence-electron chi connectivity index (χ0n) is 11.4. The van der Waals surface area contributed by atoms with Crippen LogP contribution in [-0.2, 0) is 11.2 Å². The Labute approximate surface area is 126 Å². The van der Waals surface area contributed by atoms with Gasteiger partial charge in [0.15, 0.2) is 0 Å². The summed E-state index contributed by atoms with van der Waals surface area (Å²) in [5.74, 6) is 0.194. The van der Waals surface area contributed by atoms with Gasteiger partial charge in [-0.15, -0.1) is 0 Å². The predicted octanol–water partition coefficient (Wildman–Crippen LogP) is 3.61. The molecule has 104 valence electrons. The number of carbonyl (C=O) groups excluding carboxylic acids is 1. The Morgan fingerprint density at radius 2 is 2.20 bits per heavy atom. The Hall–Kier alpha value is -1.55. The van der Waals surface area contributed by atoms with Crippen molar-refractivity contribution in [3.8, 4) is 0 Å². The molecule has 1 aromatic carbocycles. The maximum absolute atomic E-state index is 12.4. The zero-order chi connectivity index (χ0) is 14.1. The SMILES string of the molecule is CC1=C(Br)CN(C(=O)Cc2c[nH]c3ccccc23)CC1. The first-order chi connectivity index (χ1) is 9.65. The Bertz CT molecular complexity index is 687. The highest BCUT2D eigenvalue weighted by Crippen LogP contribution is 2.24. The van der Waals surface area contributed by atoms with Crippen molar-refractivity contribution in [1.29, 1.82) is 0 Å². The van der Waals surface area contributed by atoms with E-state index in [0.717, 1.165) is 33.9 Å². The number of aromatic nitrogens is 1. The molecule has 0 aliphatic carbocycles. The number of carbonyl (C=O) groups is 1. The van der Waals surface area contributed by atoms with Gasteiger partial charge in [-0.3, -0.25) is 4.79 Å². The average molecular weight is 333 g/mol. The monoisotopic (exact) mass is 332 g/mol. The van der Waals surface area contributed by atoms with Crippen LogP contribution in [0.5, 0.6) is 0 Å². The molecule has 1 aromatic heterocycles. The molecule has 0 saturated carbocycles. The molecule has 1 N–H and O–H groups in total. The molecule has 0 fully saturated rings. The Morgan fingerprint density at radius 1 is 1.40 bits per heavy atom. The molecule has 0 spiro atoms. The van der Waals surface area contributed by atoms with Crippen LogP contribution in [0.15, 0.2) is 40.5 Å². The lowest BCUT2D eigenvalue weighted by atomic mass is 10.1. The van der Waals surface area contributed by atoms with Crippen LogP contribution in [0.1, 0.15) is 18.9 Å². The van der Waals surface area contributed by atoms with Crippen molar-refractivity contribution >= 4 is 32.7 Å². The van der Waals surface area contributed by atoms with E-state index in [1.807, 2.05) is 29.3 Å². The largest absolute Gasteiger partial charge is 0.361 e. The lowest BCUT2D eigenvalue weighted by Gasteiger charge is -2.27. The quantitative estimate of drug-likeness (QED) is 0.895. The molecule has 0 radical (unpaired) electrons. The van der Waals surface area contributed by atoms with Gasteiger partial charge in [0.2, 0.25) is 5.91 Å². The first-order valence-corrected chi connectivity index (χ1v) is 7.61. The standard InChI is InChI=1S/C16H17BrN2O/c1-11-6-7-19(10-14(11)17)16(20)8-12-9-18-15-5-3-2-4-13(12)15/h2-5,9,18H,6-8,10H2,1H3. The average Bonchev–Trinajstić information content (AvgIpc) is 2.85. The summed E-state index contributed by atoms with van der Waals surface area (Å²) < 4.78 is 1.15. The minimum Gasteiger partial charge on any atom is -0.361 e. The highest BCUT2D eigenvalue weighted by Gasteiger charge is 2.20. The molecule has 20 heavy (non-hydrogen) atoms. The number of nitrogens with zero attached hydrogens (tertiary/aromatic N) is 1. The second-order valence-corrected chi connectivity index (χ2v) is 6.24. The fourth-order valence-electron chi connectivity index (χ4n) is 2.59. The van der Waals surface area contributed by atoms with Gasteiger partial charge in [0.1, 0.15) is 0 Å². The Morgan fingerprint density at radius 3 is 3.00 bits per heavy atom. The number of rotatable bonds is 2. The van der Waals surface area contributed by atoms with Gasteiger partial charge in [0, 0.05) is 28.1 Å². The molecule has 1 amide bonds. The van der Waals surface area contributed by atoms with E-state index < -0.39 is 0 Å². The van der Waals surface area contributed by atoms with Crippen molar-refractivity contribution in [2.24, 2.45) is 0 Å². The third-order valence-electron chi connectivity index (χ3n) is 3.92. The molecule has 1 aliphatic heterocycles. The summed E-state index contributed by atoms with van der Waals surface area (Å²) in [5, 5.41) is 1.14. The van der Waals surface area contributed by atoms with Crippen LogP contribution >= 0.6 is 15.9 Å². The Kier molecular flexibility index (Phi) is 3.66. The number of halogens is 1. The van der Waals surface area contributed by atoms with E-state index in [0.29, 0.717) is 13.0 Å². The van der Waals surface area contributed by atoms with Gasteiger partial charge in [-0.2, -0.15) is 0 Å². The van der Waals surface area contributed by atoms with Crippen molar-refractivity contribution in [3.63, 3.8) is 0 Å². The first-order valence-electron chi connectivity index (χ1n) is 6.82. The van der Waals surface area contributed by atoms with Gasteiger partial charge < -0.3 is 9.88 Å². The minimum absolute atomic E-state index is 0.194. The number of fused-ring (bicyclic) bond motifs is 1. The number of hydrogen-bond donors (Lipinski definition) is 1. The van der Waals surface area contributed by atoms with Crippen LogP contribution in [-0.4, -0.2) is 28.9 Å². The molecule has 0 saturated heterocycles. The molecule has 2 heterocycles. The molecule has 0 atom stereocenters. The van der Waals surface area contributed by atoms with E-state index in [4.69, 9.17) is 0 Å². The number of hydrogen-bond acceptors (Lipinski definition) is 1. The van der Waals surface area contributed by atoms with E-state index in [9.17, 15) is 4.79 Å². The highest BCUT2D eigenvalue weighted by atomic mass is 79.9. The van der Waals surface area contributed by atoms with Gasteiger partial charge in [-0.05, 0) is 25.0 Å². The number of H-pyrrole nitrogens is 1. The van der Waals surface area contributed by atoms with E-state index in [2.05, 4.69) is 33.9 Å². The maximum Gasteiger partial charge on any atom is 0.227 e. The summed E-state index contributed by atoms with van der Waals surface area (Å²) in [6.07, 6.45) is 3.37. The smallest absolute Gasteiger partial charge is 0.227 e. The number of benzene rings is 1. The molecule has 3 nitrogen and oxygen atoms in total. The normalized spacial score (nSPS) is 16.0. The second-order valence-electron chi connectivity index (χ2n) is 5.29. The summed E-state index contributed by atoms with van der Waals surface area (Å²) in [5.41, 5.74) is 3.51. The van der Waals surface area contributed by atoms with Crippen molar-refractivity contribution < 1.29 is 4.79 Å². The fraction of sp³-hybridized carbons (Fsp3) is 0.312. The topological polar surface area (TPSA) is 36.1 Å². The molecule has 1 aliphatic rings. The summed E-state index contributed by atoms with van der Waals surface area (Å²) in [4.78, 5) is 17.6. The summed E-state index contributed by atoms with van der Waals surface area (Å²) >= 11 is 3.56. The van der Waals surface area contributed by atoms with Crippen LogP contribution < -0.4 is 0 Å². The lowest BCUT2D eigenvalue weighted by molar-refractivity contribution is -0.130.